The van der Waals surface area contributed by atoms with Crippen LogP contribution in [0.4, 0.5) is 0 Å². The van der Waals surface area contributed by atoms with Crippen LogP contribution in [0.25, 0.3) is 0 Å². The molecule has 3 N–H and O–H groups in total. The van der Waals surface area contributed by atoms with Crippen LogP contribution >= 0.6 is 0 Å². The van der Waals surface area contributed by atoms with E-state index in [-0.39, 0.29) is 0 Å². The summed E-state index contributed by atoms with van der Waals surface area (Å²) in [5.41, 5.74) is 10.8. The van der Waals surface area contributed by atoms with E-state index >= 15 is 0 Å². The molecule has 0 radical (unpaired) electrons. The second-order valence-electron chi connectivity index (χ2n) is 9.03. The average molecular weight is 420 g/mol. The fourth-order valence-electron chi connectivity index (χ4n) is 5.18. The molecule has 164 valence electrons. The molecule has 2 aromatic heterocycles. The highest BCUT2D eigenvalue weighted by atomic mass is 15.3. The summed E-state index contributed by atoms with van der Waals surface area (Å²) in [6.07, 6.45) is 9.63. The highest BCUT2D eigenvalue weighted by Gasteiger charge is 2.42. The van der Waals surface area contributed by atoms with E-state index in [1.807, 2.05) is 26.2 Å². The lowest BCUT2D eigenvalue weighted by atomic mass is 9.92. The van der Waals surface area contributed by atoms with Gasteiger partial charge in [-0.1, -0.05) is 6.07 Å². The van der Waals surface area contributed by atoms with Crippen molar-refractivity contribution in [2.45, 2.75) is 33.2 Å². The van der Waals surface area contributed by atoms with Crippen molar-refractivity contribution < 1.29 is 0 Å². The molecular formula is C24H33N7. The molecule has 2 fully saturated rings. The van der Waals surface area contributed by atoms with Crippen molar-refractivity contribution in [3.05, 3.63) is 59.2 Å². The van der Waals surface area contributed by atoms with Crippen LogP contribution in [-0.2, 0) is 13.6 Å². The van der Waals surface area contributed by atoms with E-state index in [1.165, 1.54) is 24.1 Å². The second kappa shape index (κ2) is 9.14. The molecule has 4 rings (SSSR count). The first kappa shape index (κ1) is 21.4. The summed E-state index contributed by atoms with van der Waals surface area (Å²) in [5, 5.41) is 12.5. The molecule has 2 aromatic rings. The Morgan fingerprint density at radius 3 is 2.84 bits per heavy atom. The van der Waals surface area contributed by atoms with Gasteiger partial charge >= 0.3 is 0 Å². The fraction of sp³-hybridized carbons (Fsp3) is 0.500. The van der Waals surface area contributed by atoms with E-state index in [9.17, 15) is 0 Å². The molecule has 3 heterocycles. The van der Waals surface area contributed by atoms with Crippen molar-refractivity contribution in [3.63, 3.8) is 0 Å². The Hall–Kier alpha value is -2.80. The number of allylic oxidation sites excluding steroid dienone is 1. The number of hydrogen-bond donors (Lipinski definition) is 2. The number of fused-ring (bicyclic) bond motifs is 1. The lowest BCUT2D eigenvalue weighted by Gasteiger charge is -2.20. The smallest absolute Gasteiger partial charge is 0.118 e. The monoisotopic (exact) mass is 419 g/mol. The Labute approximate surface area is 184 Å². The summed E-state index contributed by atoms with van der Waals surface area (Å²) < 4.78 is 1.71. The molecule has 3 unspecified atom stereocenters. The highest BCUT2D eigenvalue weighted by molar-refractivity contribution is 6.09. The topological polar surface area (TPSA) is 96.2 Å². The number of nitrogens with one attached hydrogen (secondary N) is 1. The number of aliphatic imine (C=N–C) groups is 1. The first-order chi connectivity index (χ1) is 14.9. The fourth-order valence-corrected chi connectivity index (χ4v) is 5.18. The third-order valence-electron chi connectivity index (χ3n) is 6.88. The molecule has 0 bridgehead atoms. The first-order valence-electron chi connectivity index (χ1n) is 11.1. The normalized spacial score (nSPS) is 24.2. The summed E-state index contributed by atoms with van der Waals surface area (Å²) in [5.74, 6) is 2.54. The third kappa shape index (κ3) is 4.77. The summed E-state index contributed by atoms with van der Waals surface area (Å²) in [7, 11) is 1.85. The summed E-state index contributed by atoms with van der Waals surface area (Å²) >= 11 is 0. The molecule has 2 aliphatic rings. The average Bonchev–Trinajstić information content (AvgIpc) is 3.41. The zero-order chi connectivity index (χ0) is 22.0. The van der Waals surface area contributed by atoms with Gasteiger partial charge in [0.05, 0.1) is 23.3 Å². The summed E-state index contributed by atoms with van der Waals surface area (Å²) in [6.45, 7) is 8.10. The lowest BCUT2D eigenvalue weighted by Crippen LogP contribution is -2.24. The zero-order valence-electron chi connectivity index (χ0n) is 18.8. The first-order valence-corrected chi connectivity index (χ1v) is 11.1. The van der Waals surface area contributed by atoms with E-state index in [0.717, 1.165) is 43.4 Å². The maximum atomic E-state index is 8.28. The minimum atomic E-state index is 0.396. The molecule has 3 atom stereocenters. The van der Waals surface area contributed by atoms with Crippen LogP contribution in [0.1, 0.15) is 35.4 Å². The molecule has 0 aromatic carbocycles. The van der Waals surface area contributed by atoms with Crippen LogP contribution in [0.15, 0.2) is 41.7 Å². The number of nitrogens with two attached hydrogens (primary N) is 1. The number of nitrogens with zero attached hydrogens (tertiary/aromatic N) is 5. The summed E-state index contributed by atoms with van der Waals surface area (Å²) in [4.78, 5) is 11.8. The quantitative estimate of drug-likeness (QED) is 0.533. The van der Waals surface area contributed by atoms with Crippen LogP contribution in [0.3, 0.4) is 0 Å². The van der Waals surface area contributed by atoms with Crippen molar-refractivity contribution in [1.82, 2.24) is 19.7 Å². The van der Waals surface area contributed by atoms with Crippen LogP contribution in [0.2, 0.25) is 0 Å². The predicted octanol–water partition coefficient (Wildman–Crippen LogP) is 2.87. The van der Waals surface area contributed by atoms with Crippen molar-refractivity contribution in [2.75, 3.05) is 19.6 Å². The Balaban J connectivity index is 1.32. The Bertz CT molecular complexity index is 984. The number of likely N-dealkylation sites (tertiary alicyclic amines) is 1. The van der Waals surface area contributed by atoms with Crippen LogP contribution < -0.4 is 5.73 Å². The van der Waals surface area contributed by atoms with Gasteiger partial charge in [-0.3, -0.25) is 25.0 Å². The molecule has 0 amide bonds. The van der Waals surface area contributed by atoms with Crippen molar-refractivity contribution in [2.24, 2.45) is 35.5 Å². The number of pyridine rings is 1. The van der Waals surface area contributed by atoms with Crippen LogP contribution in [-0.4, -0.2) is 50.8 Å². The molecule has 7 nitrogen and oxygen atoms in total. The van der Waals surface area contributed by atoms with Crippen LogP contribution in [0.5, 0.6) is 0 Å². The molecule has 1 saturated carbocycles. The van der Waals surface area contributed by atoms with Gasteiger partial charge in [0.1, 0.15) is 5.84 Å². The number of rotatable bonds is 7. The molecule has 31 heavy (non-hydrogen) atoms. The van der Waals surface area contributed by atoms with Gasteiger partial charge in [0.25, 0.3) is 0 Å². The van der Waals surface area contributed by atoms with Gasteiger partial charge < -0.3 is 5.73 Å². The van der Waals surface area contributed by atoms with Gasteiger partial charge in [-0.25, -0.2) is 0 Å². The number of aryl methyl sites for hydroxylation is 3. The SMILES string of the molecule is Cc1cccnc1CN1CC2CCC(CN=C(N)/C=C\C(=N)c3c(C)cnn3C)C2C1. The Kier molecular flexibility index (Phi) is 6.32. The molecule has 1 aliphatic heterocycles. The number of hydrogen-bond acceptors (Lipinski definition) is 5. The van der Waals surface area contributed by atoms with Crippen LogP contribution in [0, 0.1) is 37.0 Å². The minimum Gasteiger partial charge on any atom is -0.384 e. The zero-order valence-corrected chi connectivity index (χ0v) is 18.8. The molecule has 7 heteroatoms. The molecule has 1 saturated heterocycles. The standard InChI is InChI=1S/C24H33N7/c1-16-5-4-10-27-22(16)15-31-13-19-7-6-18(20(19)14-31)12-28-23(26)9-8-21(25)24-17(2)11-29-30(24)3/h4-5,8-11,18-20,25H,6-7,12-15H2,1-3H3,(H2,26,28)/b9-8-,25-21?. The van der Waals surface area contributed by atoms with Crippen molar-refractivity contribution >= 4 is 11.5 Å². The lowest BCUT2D eigenvalue weighted by molar-refractivity contribution is 0.281. The minimum absolute atomic E-state index is 0.396. The predicted molar refractivity (Wildman–Crippen MR) is 124 cm³/mol. The third-order valence-corrected chi connectivity index (χ3v) is 6.88. The van der Waals surface area contributed by atoms with E-state index in [2.05, 4.69) is 33.0 Å². The molecule has 1 aliphatic carbocycles. The van der Waals surface area contributed by atoms with E-state index < -0.39 is 0 Å². The van der Waals surface area contributed by atoms with Gasteiger partial charge in [-0.15, -0.1) is 0 Å². The van der Waals surface area contributed by atoms with Gasteiger partial charge in [0.2, 0.25) is 0 Å². The maximum Gasteiger partial charge on any atom is 0.118 e. The highest BCUT2D eigenvalue weighted by Crippen LogP contribution is 2.42. The Morgan fingerprint density at radius 1 is 1.26 bits per heavy atom. The molecular weight excluding hydrogens is 386 g/mol. The largest absolute Gasteiger partial charge is 0.384 e. The Morgan fingerprint density at radius 2 is 2.10 bits per heavy atom. The maximum absolute atomic E-state index is 8.28. The van der Waals surface area contributed by atoms with Crippen molar-refractivity contribution in [1.29, 1.82) is 5.41 Å². The van der Waals surface area contributed by atoms with E-state index in [4.69, 9.17) is 11.1 Å². The number of amidine groups is 1. The number of aromatic nitrogens is 3. The van der Waals surface area contributed by atoms with E-state index in [0.29, 0.717) is 23.4 Å². The molecule has 0 spiro atoms. The van der Waals surface area contributed by atoms with E-state index in [1.54, 1.807) is 23.0 Å². The van der Waals surface area contributed by atoms with Gasteiger partial charge in [-0.2, -0.15) is 5.10 Å². The van der Waals surface area contributed by atoms with Gasteiger partial charge in [0.15, 0.2) is 0 Å². The van der Waals surface area contributed by atoms with Gasteiger partial charge in [0, 0.05) is 39.4 Å². The second-order valence-corrected chi connectivity index (χ2v) is 9.03. The van der Waals surface area contributed by atoms with Gasteiger partial charge in [-0.05, 0) is 73.8 Å². The summed E-state index contributed by atoms with van der Waals surface area (Å²) in [6, 6.07) is 4.14. The van der Waals surface area contributed by atoms with Crippen molar-refractivity contribution in [3.8, 4) is 0 Å².